The normalized spacial score (nSPS) is 22.6. The number of morpholine rings is 1. The molecule has 2 N–H and O–H groups in total. The molecule has 0 bridgehead atoms. The van der Waals surface area contributed by atoms with Gasteiger partial charge in [-0.25, -0.2) is 14.6 Å². The Morgan fingerprint density at radius 3 is 2.78 bits per heavy atom. The molecule has 2 aromatic heterocycles. The molecule has 2 atom stereocenters. The first kappa shape index (κ1) is 16.1. The summed E-state index contributed by atoms with van der Waals surface area (Å²) in [4.78, 5) is 11.0. The largest absolute Gasteiger partial charge is 0.394 e. The van der Waals surface area contributed by atoms with Gasteiger partial charge in [-0.15, -0.1) is 0 Å². The highest BCUT2D eigenvalue weighted by Crippen LogP contribution is 2.18. The topological polar surface area (TPSA) is 88.3 Å². The summed E-state index contributed by atoms with van der Waals surface area (Å²) in [5, 5.41) is 17.6. The van der Waals surface area contributed by atoms with Crippen molar-refractivity contribution in [1.29, 1.82) is 0 Å². The summed E-state index contributed by atoms with van der Waals surface area (Å²) in [6.45, 7) is 8.35. The number of rotatable bonds is 6. The lowest BCUT2D eigenvalue weighted by Crippen LogP contribution is -2.46. The number of aliphatic hydroxyl groups is 1. The van der Waals surface area contributed by atoms with E-state index in [9.17, 15) is 0 Å². The van der Waals surface area contributed by atoms with Crippen LogP contribution >= 0.6 is 0 Å². The number of hydrogen-bond donors (Lipinski definition) is 2. The minimum absolute atomic E-state index is 0.0386. The van der Waals surface area contributed by atoms with E-state index in [0.717, 1.165) is 43.0 Å². The van der Waals surface area contributed by atoms with Crippen LogP contribution in [0.25, 0.3) is 11.0 Å². The summed E-state index contributed by atoms with van der Waals surface area (Å²) in [5.74, 6) is 0.786. The zero-order valence-corrected chi connectivity index (χ0v) is 13.6. The molecule has 0 radical (unpaired) electrons. The second-order valence-corrected chi connectivity index (χ2v) is 5.99. The number of fused-ring (bicyclic) bond motifs is 1. The van der Waals surface area contributed by atoms with Crippen LogP contribution in [-0.4, -0.2) is 74.7 Å². The third kappa shape index (κ3) is 3.77. The molecule has 8 nitrogen and oxygen atoms in total. The fourth-order valence-electron chi connectivity index (χ4n) is 3.09. The van der Waals surface area contributed by atoms with Gasteiger partial charge in [-0.1, -0.05) is 0 Å². The Hall–Kier alpha value is -1.77. The molecule has 0 aromatic carbocycles. The van der Waals surface area contributed by atoms with Crippen molar-refractivity contribution in [2.24, 2.45) is 0 Å². The number of nitrogens with zero attached hydrogens (tertiary/aromatic N) is 5. The molecule has 0 unspecified atom stereocenters. The molecule has 1 fully saturated rings. The molecule has 0 amide bonds. The number of anilines is 1. The standard InChI is InChI=1S/C15H24N6O2/c1-11-8-20(9-12(2)23-11)4-3-16-14-13-7-19-21(5-6-22)15(13)18-10-17-14/h7,10-12,22H,3-6,8-9H2,1-2H3,(H,16,17,18)/t11-,12+. The van der Waals surface area contributed by atoms with E-state index >= 15 is 0 Å². The molecule has 1 aliphatic rings. The fraction of sp³-hybridized carbons (Fsp3) is 0.667. The third-order valence-corrected chi connectivity index (χ3v) is 3.96. The Labute approximate surface area is 135 Å². The van der Waals surface area contributed by atoms with E-state index in [1.807, 2.05) is 0 Å². The fourth-order valence-corrected chi connectivity index (χ4v) is 3.09. The minimum atomic E-state index is 0.0386. The van der Waals surface area contributed by atoms with Crippen LogP contribution in [0.4, 0.5) is 5.82 Å². The van der Waals surface area contributed by atoms with E-state index in [-0.39, 0.29) is 18.8 Å². The second kappa shape index (κ2) is 7.20. The molecular formula is C15H24N6O2. The Morgan fingerprint density at radius 2 is 2.04 bits per heavy atom. The lowest BCUT2D eigenvalue weighted by Gasteiger charge is -2.35. The first-order chi connectivity index (χ1) is 11.2. The molecule has 0 saturated carbocycles. The predicted molar refractivity (Wildman–Crippen MR) is 87.3 cm³/mol. The highest BCUT2D eigenvalue weighted by atomic mass is 16.5. The van der Waals surface area contributed by atoms with E-state index in [4.69, 9.17) is 9.84 Å². The average molecular weight is 320 g/mol. The second-order valence-electron chi connectivity index (χ2n) is 5.99. The van der Waals surface area contributed by atoms with Crippen molar-refractivity contribution in [2.75, 3.05) is 38.1 Å². The van der Waals surface area contributed by atoms with Gasteiger partial charge in [0, 0.05) is 26.2 Å². The first-order valence-electron chi connectivity index (χ1n) is 8.06. The lowest BCUT2D eigenvalue weighted by molar-refractivity contribution is -0.0667. The summed E-state index contributed by atoms with van der Waals surface area (Å²) in [5.41, 5.74) is 0.741. The predicted octanol–water partition coefficient (Wildman–Crippen LogP) is 0.340. The molecule has 8 heteroatoms. The number of hydrogen-bond acceptors (Lipinski definition) is 7. The lowest BCUT2D eigenvalue weighted by atomic mass is 10.2. The molecule has 3 heterocycles. The Morgan fingerprint density at radius 1 is 1.26 bits per heavy atom. The quantitative estimate of drug-likeness (QED) is 0.793. The number of aliphatic hydroxyl groups excluding tert-OH is 1. The maximum atomic E-state index is 9.06. The summed E-state index contributed by atoms with van der Waals surface area (Å²) in [6, 6.07) is 0. The van der Waals surface area contributed by atoms with Crippen LogP contribution in [0.15, 0.2) is 12.5 Å². The number of ether oxygens (including phenoxy) is 1. The van der Waals surface area contributed by atoms with E-state index in [1.165, 1.54) is 6.33 Å². The molecule has 2 aromatic rings. The molecule has 0 aliphatic carbocycles. The van der Waals surface area contributed by atoms with Gasteiger partial charge in [0.1, 0.15) is 12.1 Å². The number of nitrogens with one attached hydrogen (secondary N) is 1. The van der Waals surface area contributed by atoms with Gasteiger partial charge in [-0.2, -0.15) is 5.10 Å². The van der Waals surface area contributed by atoms with E-state index in [1.54, 1.807) is 10.9 Å². The Bertz CT molecular complexity index is 636. The van der Waals surface area contributed by atoms with Gasteiger partial charge >= 0.3 is 0 Å². The maximum Gasteiger partial charge on any atom is 0.163 e. The molecule has 1 saturated heterocycles. The van der Waals surface area contributed by atoms with E-state index < -0.39 is 0 Å². The third-order valence-electron chi connectivity index (χ3n) is 3.96. The highest BCUT2D eigenvalue weighted by Gasteiger charge is 2.21. The van der Waals surface area contributed by atoms with Crippen molar-refractivity contribution in [3.63, 3.8) is 0 Å². The van der Waals surface area contributed by atoms with Gasteiger partial charge in [0.25, 0.3) is 0 Å². The molecule has 23 heavy (non-hydrogen) atoms. The van der Waals surface area contributed by atoms with Crippen LogP contribution in [0.5, 0.6) is 0 Å². The molecule has 1 aliphatic heterocycles. The zero-order valence-electron chi connectivity index (χ0n) is 13.6. The highest BCUT2D eigenvalue weighted by molar-refractivity contribution is 5.85. The molecular weight excluding hydrogens is 296 g/mol. The number of aromatic nitrogens is 4. The Balaban J connectivity index is 1.61. The summed E-state index contributed by atoms with van der Waals surface area (Å²) in [7, 11) is 0. The van der Waals surface area contributed by atoms with E-state index in [0.29, 0.717) is 6.54 Å². The summed E-state index contributed by atoms with van der Waals surface area (Å²) < 4.78 is 7.44. The van der Waals surface area contributed by atoms with Crippen molar-refractivity contribution in [3.8, 4) is 0 Å². The smallest absolute Gasteiger partial charge is 0.163 e. The van der Waals surface area contributed by atoms with Crippen molar-refractivity contribution in [3.05, 3.63) is 12.5 Å². The first-order valence-corrected chi connectivity index (χ1v) is 8.06. The van der Waals surface area contributed by atoms with Gasteiger partial charge in [0.05, 0.1) is 36.9 Å². The van der Waals surface area contributed by atoms with Crippen LogP contribution in [0.1, 0.15) is 13.8 Å². The average Bonchev–Trinajstić information content (AvgIpc) is 2.91. The summed E-state index contributed by atoms with van der Waals surface area (Å²) in [6.07, 6.45) is 3.83. The van der Waals surface area contributed by atoms with Crippen LogP contribution in [0.2, 0.25) is 0 Å². The zero-order chi connectivity index (χ0) is 16.2. The molecule has 0 spiro atoms. The SMILES string of the molecule is C[C@@H]1CN(CCNc2ncnc3c2cnn3CCO)C[C@H](C)O1. The van der Waals surface area contributed by atoms with Crippen molar-refractivity contribution < 1.29 is 9.84 Å². The van der Waals surface area contributed by atoms with Crippen LogP contribution in [-0.2, 0) is 11.3 Å². The Kier molecular flexibility index (Phi) is 5.04. The van der Waals surface area contributed by atoms with Crippen molar-refractivity contribution in [1.82, 2.24) is 24.6 Å². The van der Waals surface area contributed by atoms with Gasteiger partial charge in [0.2, 0.25) is 0 Å². The van der Waals surface area contributed by atoms with Gasteiger partial charge < -0.3 is 15.2 Å². The maximum absolute atomic E-state index is 9.06. The molecule has 3 rings (SSSR count). The monoisotopic (exact) mass is 320 g/mol. The van der Waals surface area contributed by atoms with Gasteiger partial charge in [0.15, 0.2) is 5.65 Å². The van der Waals surface area contributed by atoms with Gasteiger partial charge in [-0.3, -0.25) is 4.90 Å². The van der Waals surface area contributed by atoms with E-state index in [2.05, 4.69) is 39.1 Å². The minimum Gasteiger partial charge on any atom is -0.394 e. The van der Waals surface area contributed by atoms with Crippen molar-refractivity contribution in [2.45, 2.75) is 32.6 Å². The summed E-state index contributed by atoms with van der Waals surface area (Å²) >= 11 is 0. The molecule has 126 valence electrons. The van der Waals surface area contributed by atoms with Crippen LogP contribution in [0, 0.1) is 0 Å². The van der Waals surface area contributed by atoms with Crippen LogP contribution in [0.3, 0.4) is 0 Å². The van der Waals surface area contributed by atoms with Crippen molar-refractivity contribution >= 4 is 16.9 Å². The van der Waals surface area contributed by atoms with Gasteiger partial charge in [-0.05, 0) is 13.8 Å². The van der Waals surface area contributed by atoms with Crippen LogP contribution < -0.4 is 5.32 Å².